The van der Waals surface area contributed by atoms with Crippen molar-refractivity contribution in [1.29, 1.82) is 0 Å². The maximum absolute atomic E-state index is 12.7. The summed E-state index contributed by atoms with van der Waals surface area (Å²) in [6.07, 6.45) is 2.40. The number of amides is 3. The zero-order valence-electron chi connectivity index (χ0n) is 14.7. The van der Waals surface area contributed by atoms with Gasteiger partial charge in [0.05, 0.1) is 23.8 Å². The summed E-state index contributed by atoms with van der Waals surface area (Å²) < 4.78 is 5.53. The van der Waals surface area contributed by atoms with Gasteiger partial charge in [0, 0.05) is 12.2 Å². The average Bonchev–Trinajstić information content (AvgIpc) is 3.40. The van der Waals surface area contributed by atoms with Crippen molar-refractivity contribution in [3.05, 3.63) is 39.9 Å². The van der Waals surface area contributed by atoms with Gasteiger partial charge in [0.15, 0.2) is 0 Å². The van der Waals surface area contributed by atoms with Crippen molar-refractivity contribution in [1.82, 2.24) is 15.1 Å². The monoisotopic (exact) mass is 386 g/mol. The van der Waals surface area contributed by atoms with Crippen molar-refractivity contribution in [3.8, 4) is 0 Å². The number of fused-ring (bicyclic) bond motifs is 1. The molecule has 3 heterocycles. The number of rotatable bonds is 5. The van der Waals surface area contributed by atoms with Crippen LogP contribution in [0.15, 0.2) is 18.2 Å². The highest BCUT2D eigenvalue weighted by molar-refractivity contribution is 7.15. The molecule has 0 bridgehead atoms. The van der Waals surface area contributed by atoms with E-state index in [4.69, 9.17) is 4.74 Å². The van der Waals surface area contributed by atoms with E-state index in [1.807, 2.05) is 6.92 Å². The Hall–Kier alpha value is -2.65. The fourth-order valence-electron chi connectivity index (χ4n) is 3.21. The lowest BCUT2D eigenvalue weighted by Gasteiger charge is -2.17. The van der Waals surface area contributed by atoms with Crippen LogP contribution in [-0.4, -0.2) is 52.1 Å². The molecule has 2 aliphatic heterocycles. The van der Waals surface area contributed by atoms with Gasteiger partial charge in [-0.3, -0.25) is 24.6 Å². The Labute approximate surface area is 159 Å². The third kappa shape index (κ3) is 3.35. The summed E-state index contributed by atoms with van der Waals surface area (Å²) in [5, 5.41) is 11.8. The van der Waals surface area contributed by atoms with E-state index in [0.29, 0.717) is 22.9 Å². The Kier molecular flexibility index (Phi) is 4.71. The number of hydrogen-bond donors (Lipinski definition) is 1. The van der Waals surface area contributed by atoms with E-state index < -0.39 is 5.91 Å². The van der Waals surface area contributed by atoms with E-state index in [1.54, 1.807) is 0 Å². The molecule has 3 amide bonds. The molecule has 0 aliphatic carbocycles. The Balaban J connectivity index is 1.52. The molecule has 2 aliphatic rings. The minimum absolute atomic E-state index is 0.111. The largest absolute Gasteiger partial charge is 0.376 e. The molecular weight excluding hydrogens is 368 g/mol. The van der Waals surface area contributed by atoms with E-state index >= 15 is 0 Å². The van der Waals surface area contributed by atoms with Crippen LogP contribution in [-0.2, 0) is 11.2 Å². The topological polar surface area (TPSA) is 101 Å². The number of carbonyl (C=O) groups excluding carboxylic acids is 3. The fraction of sp³-hybridized carbons (Fsp3) is 0.389. The summed E-state index contributed by atoms with van der Waals surface area (Å²) >= 11 is 1.30. The van der Waals surface area contributed by atoms with E-state index in [2.05, 4.69) is 15.5 Å². The summed E-state index contributed by atoms with van der Waals surface area (Å²) in [5.74, 6) is -1.12. The van der Waals surface area contributed by atoms with Crippen molar-refractivity contribution in [2.24, 2.45) is 0 Å². The van der Waals surface area contributed by atoms with Crippen LogP contribution in [0.4, 0.5) is 5.13 Å². The lowest BCUT2D eigenvalue weighted by atomic mass is 10.1. The van der Waals surface area contributed by atoms with Gasteiger partial charge in [-0.25, -0.2) is 0 Å². The maximum atomic E-state index is 12.7. The number of aromatic nitrogens is 2. The molecule has 1 N–H and O–H groups in total. The Bertz CT molecular complexity index is 920. The molecule has 140 valence electrons. The summed E-state index contributed by atoms with van der Waals surface area (Å²) in [7, 11) is 0. The van der Waals surface area contributed by atoms with E-state index in [-0.39, 0.29) is 30.0 Å². The summed E-state index contributed by atoms with van der Waals surface area (Å²) in [6.45, 7) is 2.86. The van der Waals surface area contributed by atoms with Crippen LogP contribution in [0.2, 0.25) is 0 Å². The number of ether oxygens (including phenoxy) is 1. The molecule has 2 aromatic rings. The smallest absolute Gasteiger partial charge is 0.261 e. The number of benzene rings is 1. The molecule has 4 rings (SSSR count). The van der Waals surface area contributed by atoms with Gasteiger partial charge < -0.3 is 4.74 Å². The van der Waals surface area contributed by atoms with Crippen LogP contribution in [0.25, 0.3) is 0 Å². The van der Waals surface area contributed by atoms with Crippen LogP contribution in [0.5, 0.6) is 0 Å². The van der Waals surface area contributed by atoms with Crippen LogP contribution in [0.1, 0.15) is 55.8 Å². The van der Waals surface area contributed by atoms with Crippen molar-refractivity contribution in [2.75, 3.05) is 18.5 Å². The number of nitrogens with one attached hydrogen (secondary N) is 1. The molecule has 27 heavy (non-hydrogen) atoms. The van der Waals surface area contributed by atoms with Crippen molar-refractivity contribution < 1.29 is 19.1 Å². The molecule has 0 radical (unpaired) electrons. The molecule has 0 saturated carbocycles. The molecule has 1 saturated heterocycles. The number of aryl methyl sites for hydroxylation is 1. The highest BCUT2D eigenvalue weighted by Gasteiger charge is 2.38. The van der Waals surface area contributed by atoms with Crippen molar-refractivity contribution >= 4 is 34.2 Å². The highest BCUT2D eigenvalue weighted by Crippen LogP contribution is 2.26. The first kappa shape index (κ1) is 17.7. The first-order valence-electron chi connectivity index (χ1n) is 8.82. The highest BCUT2D eigenvalue weighted by atomic mass is 32.1. The van der Waals surface area contributed by atoms with Crippen LogP contribution in [0.3, 0.4) is 0 Å². The third-order valence-corrected chi connectivity index (χ3v) is 5.62. The van der Waals surface area contributed by atoms with Gasteiger partial charge >= 0.3 is 0 Å². The van der Waals surface area contributed by atoms with Crippen molar-refractivity contribution in [3.63, 3.8) is 0 Å². The fourth-order valence-corrected chi connectivity index (χ4v) is 3.88. The normalized spacial score (nSPS) is 18.9. The second kappa shape index (κ2) is 7.16. The Morgan fingerprint density at radius 2 is 2.11 bits per heavy atom. The van der Waals surface area contributed by atoms with Crippen LogP contribution < -0.4 is 5.32 Å². The van der Waals surface area contributed by atoms with Gasteiger partial charge in [-0.1, -0.05) is 18.3 Å². The molecule has 1 fully saturated rings. The summed E-state index contributed by atoms with van der Waals surface area (Å²) in [6, 6.07) is 4.52. The molecular formula is C18H18N4O4S. The lowest BCUT2D eigenvalue weighted by molar-refractivity contribution is 0.0475. The number of anilines is 1. The second-order valence-corrected chi connectivity index (χ2v) is 7.49. The maximum Gasteiger partial charge on any atom is 0.261 e. The van der Waals surface area contributed by atoms with E-state index in [1.165, 1.54) is 34.4 Å². The van der Waals surface area contributed by atoms with Gasteiger partial charge in [0.25, 0.3) is 17.7 Å². The standard InChI is InChI=1S/C18H18N4O4S/c1-2-14-20-21-18(27-14)19-15(23)10-5-6-12-13(8-10)17(25)22(16(12)24)9-11-4-3-7-26-11/h5-6,8,11H,2-4,7,9H2,1H3,(H,19,21,23)/t11-/m0/s1. The number of carbonyl (C=O) groups is 3. The minimum Gasteiger partial charge on any atom is -0.376 e. The first-order valence-corrected chi connectivity index (χ1v) is 9.64. The zero-order chi connectivity index (χ0) is 19.0. The predicted molar refractivity (Wildman–Crippen MR) is 98.0 cm³/mol. The third-order valence-electron chi connectivity index (χ3n) is 4.63. The number of nitrogens with zero attached hydrogens (tertiary/aromatic N) is 3. The van der Waals surface area contributed by atoms with Gasteiger partial charge in [-0.2, -0.15) is 0 Å². The van der Waals surface area contributed by atoms with Crippen molar-refractivity contribution in [2.45, 2.75) is 32.3 Å². The lowest BCUT2D eigenvalue weighted by Crippen LogP contribution is -2.36. The Morgan fingerprint density at radius 3 is 2.81 bits per heavy atom. The van der Waals surface area contributed by atoms with Crippen LogP contribution >= 0.6 is 11.3 Å². The number of imide groups is 1. The molecule has 8 nitrogen and oxygen atoms in total. The van der Waals surface area contributed by atoms with Gasteiger partial charge in [0.2, 0.25) is 5.13 Å². The Morgan fingerprint density at radius 1 is 1.30 bits per heavy atom. The molecule has 0 spiro atoms. The molecule has 1 aromatic heterocycles. The van der Waals surface area contributed by atoms with Crippen LogP contribution in [0, 0.1) is 0 Å². The molecule has 0 unspecified atom stereocenters. The quantitative estimate of drug-likeness (QED) is 0.790. The zero-order valence-corrected chi connectivity index (χ0v) is 15.5. The second-order valence-electron chi connectivity index (χ2n) is 6.42. The van der Waals surface area contributed by atoms with Gasteiger partial charge in [0.1, 0.15) is 5.01 Å². The minimum atomic E-state index is -0.394. The first-order chi connectivity index (χ1) is 13.1. The molecule has 9 heteroatoms. The average molecular weight is 386 g/mol. The molecule has 1 atom stereocenters. The van der Waals surface area contributed by atoms with E-state index in [0.717, 1.165) is 24.3 Å². The predicted octanol–water partition coefficient (Wildman–Crippen LogP) is 2.13. The summed E-state index contributed by atoms with van der Waals surface area (Å²) in [5.41, 5.74) is 0.859. The van der Waals surface area contributed by atoms with Gasteiger partial charge in [-0.15, -0.1) is 10.2 Å². The summed E-state index contributed by atoms with van der Waals surface area (Å²) in [4.78, 5) is 38.9. The van der Waals surface area contributed by atoms with E-state index in [9.17, 15) is 14.4 Å². The molecule has 1 aromatic carbocycles. The van der Waals surface area contributed by atoms with Gasteiger partial charge in [-0.05, 0) is 37.5 Å². The number of hydrogen-bond acceptors (Lipinski definition) is 7. The SMILES string of the molecule is CCc1nnc(NC(=O)c2ccc3c(c2)C(=O)N(C[C@@H]2CCCO2)C3=O)s1.